The maximum atomic E-state index is 12.2. The minimum Gasteiger partial charge on any atom is -0.507 e. The highest BCUT2D eigenvalue weighted by Gasteiger charge is 2.47. The summed E-state index contributed by atoms with van der Waals surface area (Å²) in [6, 6.07) is 12.0. The van der Waals surface area contributed by atoms with E-state index in [4.69, 9.17) is 14.2 Å². The van der Waals surface area contributed by atoms with Gasteiger partial charge in [-0.2, -0.15) is 0 Å². The first kappa shape index (κ1) is 20.1. The average molecular weight is 392 g/mol. The Morgan fingerprint density at radius 1 is 0.929 bits per heavy atom. The molecule has 9 heteroatoms. The zero-order valence-electron chi connectivity index (χ0n) is 14.6. The Hall–Kier alpha value is -2.69. The van der Waals surface area contributed by atoms with Crippen LogP contribution in [0.15, 0.2) is 48.5 Å². The molecule has 0 spiro atoms. The molecule has 0 unspecified atom stereocenters. The normalized spacial score (nSPS) is 27.2. The van der Waals surface area contributed by atoms with E-state index in [9.17, 15) is 30.3 Å². The van der Waals surface area contributed by atoms with Gasteiger partial charge in [-0.3, -0.25) is 4.74 Å². The van der Waals surface area contributed by atoms with Crippen molar-refractivity contribution in [3.63, 3.8) is 0 Å². The Balaban J connectivity index is 1.77. The number of carbonyl (C=O) groups is 1. The van der Waals surface area contributed by atoms with Gasteiger partial charge in [-0.25, -0.2) is 4.79 Å². The fourth-order valence-corrected chi connectivity index (χ4v) is 2.70. The largest absolute Gasteiger partial charge is 0.507 e. The highest BCUT2D eigenvalue weighted by molar-refractivity contribution is 5.92. The van der Waals surface area contributed by atoms with E-state index in [0.29, 0.717) is 5.56 Å². The number of carbonyl (C=O) groups excluding carboxylic acids is 1. The Kier molecular flexibility index (Phi) is 6.12. The molecule has 0 amide bonds. The van der Waals surface area contributed by atoms with E-state index in [0.717, 1.165) is 0 Å². The van der Waals surface area contributed by atoms with E-state index >= 15 is 0 Å². The van der Waals surface area contributed by atoms with Crippen LogP contribution in [0.1, 0.15) is 15.9 Å². The molecule has 1 aliphatic rings. The van der Waals surface area contributed by atoms with Crippen LogP contribution in [-0.4, -0.2) is 62.4 Å². The van der Waals surface area contributed by atoms with Crippen molar-refractivity contribution in [2.75, 3.05) is 0 Å². The first-order valence-electron chi connectivity index (χ1n) is 8.46. The minimum atomic E-state index is -1.75. The minimum absolute atomic E-state index is 0.165. The van der Waals surface area contributed by atoms with Crippen molar-refractivity contribution in [3.8, 4) is 11.5 Å². The van der Waals surface area contributed by atoms with E-state index in [2.05, 4.69) is 0 Å². The number of esters is 1. The van der Waals surface area contributed by atoms with Crippen LogP contribution in [0, 0.1) is 0 Å². The Morgan fingerprint density at radius 2 is 1.57 bits per heavy atom. The fraction of sp³-hybridized carbons (Fsp3) is 0.316. The van der Waals surface area contributed by atoms with Crippen LogP contribution in [0.4, 0.5) is 0 Å². The van der Waals surface area contributed by atoms with E-state index in [1.165, 1.54) is 30.3 Å². The summed E-state index contributed by atoms with van der Waals surface area (Å²) in [7, 11) is 0. The lowest BCUT2D eigenvalue weighted by Gasteiger charge is -2.39. The lowest BCUT2D eigenvalue weighted by Crippen LogP contribution is -2.60. The number of ether oxygens (including phenoxy) is 3. The number of aromatic hydroxyl groups is 1. The van der Waals surface area contributed by atoms with Gasteiger partial charge >= 0.3 is 5.97 Å². The van der Waals surface area contributed by atoms with Gasteiger partial charge in [-0.1, -0.05) is 30.3 Å². The van der Waals surface area contributed by atoms with Crippen LogP contribution in [-0.2, 0) is 16.1 Å². The maximum absolute atomic E-state index is 12.2. The molecule has 5 N–H and O–H groups in total. The summed E-state index contributed by atoms with van der Waals surface area (Å²) in [5, 5.41) is 49.4. The predicted molar refractivity (Wildman–Crippen MR) is 93.2 cm³/mol. The molecule has 2 aromatic rings. The molecular formula is C19H20O9. The number of benzene rings is 2. The average Bonchev–Trinajstić information content (AvgIpc) is 2.70. The third-order valence-corrected chi connectivity index (χ3v) is 4.26. The molecule has 0 radical (unpaired) electrons. The lowest BCUT2D eigenvalue weighted by molar-refractivity contribution is -0.319. The Labute approximate surface area is 160 Å². The predicted octanol–water partition coefficient (Wildman–Crippen LogP) is -0.115. The molecule has 0 aliphatic carbocycles. The SMILES string of the molecule is O=C(O[C@H]1O[C@@H](Oc2ccccc2CO)[C@H](O)[C@@H](O)[C@@H]1O)c1ccccc1O. The number of aliphatic hydroxyl groups excluding tert-OH is 4. The van der Waals surface area contributed by atoms with Gasteiger partial charge in [0.2, 0.25) is 12.6 Å². The summed E-state index contributed by atoms with van der Waals surface area (Å²) in [4.78, 5) is 12.2. The summed E-state index contributed by atoms with van der Waals surface area (Å²) >= 11 is 0. The molecule has 0 bridgehead atoms. The van der Waals surface area contributed by atoms with Crippen LogP contribution in [0.5, 0.6) is 11.5 Å². The molecule has 0 saturated carbocycles. The van der Waals surface area contributed by atoms with Crippen LogP contribution in [0.3, 0.4) is 0 Å². The van der Waals surface area contributed by atoms with Crippen molar-refractivity contribution in [1.29, 1.82) is 0 Å². The second-order valence-electron chi connectivity index (χ2n) is 6.15. The third-order valence-electron chi connectivity index (χ3n) is 4.26. The van der Waals surface area contributed by atoms with Crippen molar-refractivity contribution in [2.45, 2.75) is 37.5 Å². The lowest BCUT2D eigenvalue weighted by atomic mass is 10.0. The zero-order chi connectivity index (χ0) is 20.3. The van der Waals surface area contributed by atoms with Crippen LogP contribution >= 0.6 is 0 Å². The summed E-state index contributed by atoms with van der Waals surface area (Å²) < 4.78 is 15.9. The van der Waals surface area contributed by atoms with Gasteiger partial charge in [0.1, 0.15) is 35.4 Å². The molecule has 1 saturated heterocycles. The van der Waals surface area contributed by atoms with E-state index < -0.39 is 36.9 Å². The number of phenolic OH excluding ortho intramolecular Hbond substituents is 1. The standard InChI is InChI=1S/C19H20O9/c20-9-10-5-1-4-8-13(10)26-18-15(23)14(22)16(24)19(28-18)27-17(25)11-6-2-3-7-12(11)21/h1-8,14-16,18-24H,9H2/t14-,15-,16+,18-,19+/m1/s1. The Morgan fingerprint density at radius 3 is 2.29 bits per heavy atom. The molecule has 0 aromatic heterocycles. The summed E-state index contributed by atoms with van der Waals surface area (Å²) in [6.45, 7) is -0.337. The molecule has 5 atom stereocenters. The zero-order valence-corrected chi connectivity index (χ0v) is 14.6. The second-order valence-corrected chi connectivity index (χ2v) is 6.15. The molecule has 150 valence electrons. The second kappa shape index (κ2) is 8.55. The molecule has 28 heavy (non-hydrogen) atoms. The quantitative estimate of drug-likeness (QED) is 0.440. The van der Waals surface area contributed by atoms with Gasteiger partial charge in [0.15, 0.2) is 0 Å². The third kappa shape index (κ3) is 4.08. The highest BCUT2D eigenvalue weighted by Crippen LogP contribution is 2.28. The topological polar surface area (TPSA) is 146 Å². The molecule has 1 aliphatic heterocycles. The van der Waals surface area contributed by atoms with Crippen molar-refractivity contribution >= 4 is 5.97 Å². The van der Waals surface area contributed by atoms with Crippen LogP contribution in [0.25, 0.3) is 0 Å². The van der Waals surface area contributed by atoms with Gasteiger partial charge < -0.3 is 35.0 Å². The van der Waals surface area contributed by atoms with Crippen LogP contribution in [0.2, 0.25) is 0 Å². The maximum Gasteiger partial charge on any atom is 0.344 e. The van der Waals surface area contributed by atoms with E-state index in [-0.39, 0.29) is 23.7 Å². The number of hydrogen-bond acceptors (Lipinski definition) is 9. The van der Waals surface area contributed by atoms with Gasteiger partial charge in [-0.05, 0) is 18.2 Å². The Bertz CT molecular complexity index is 825. The van der Waals surface area contributed by atoms with Gasteiger partial charge in [0, 0.05) is 5.56 Å². The summed E-state index contributed by atoms with van der Waals surface area (Å²) in [5.41, 5.74) is 0.240. The number of para-hydroxylation sites is 2. The molecule has 1 heterocycles. The summed E-state index contributed by atoms with van der Waals surface area (Å²) in [6.07, 6.45) is -8.30. The summed E-state index contributed by atoms with van der Waals surface area (Å²) in [5.74, 6) is -1.15. The number of hydrogen-bond donors (Lipinski definition) is 5. The van der Waals surface area contributed by atoms with Crippen LogP contribution < -0.4 is 4.74 Å². The molecule has 9 nitrogen and oxygen atoms in total. The van der Waals surface area contributed by atoms with E-state index in [1.54, 1.807) is 18.2 Å². The highest BCUT2D eigenvalue weighted by atomic mass is 16.8. The van der Waals surface area contributed by atoms with Gasteiger partial charge in [0.25, 0.3) is 0 Å². The van der Waals surface area contributed by atoms with E-state index in [1.807, 2.05) is 0 Å². The number of rotatable bonds is 5. The molecule has 2 aromatic carbocycles. The number of aliphatic hydroxyl groups is 4. The fourth-order valence-electron chi connectivity index (χ4n) is 2.70. The van der Waals surface area contributed by atoms with Gasteiger partial charge in [-0.15, -0.1) is 0 Å². The van der Waals surface area contributed by atoms with Crippen molar-refractivity contribution in [1.82, 2.24) is 0 Å². The van der Waals surface area contributed by atoms with Crippen molar-refractivity contribution in [3.05, 3.63) is 59.7 Å². The van der Waals surface area contributed by atoms with Gasteiger partial charge in [0.05, 0.1) is 6.61 Å². The first-order chi connectivity index (χ1) is 13.4. The molecule has 3 rings (SSSR count). The smallest absolute Gasteiger partial charge is 0.344 e. The molecular weight excluding hydrogens is 372 g/mol. The molecule has 1 fully saturated rings. The monoisotopic (exact) mass is 392 g/mol. The van der Waals surface area contributed by atoms with Crippen molar-refractivity contribution in [2.24, 2.45) is 0 Å². The van der Waals surface area contributed by atoms with Crippen molar-refractivity contribution < 1.29 is 44.5 Å². The number of phenols is 1. The first-order valence-corrected chi connectivity index (χ1v) is 8.46.